The van der Waals surface area contributed by atoms with Crippen molar-refractivity contribution in [2.75, 3.05) is 26.4 Å². The van der Waals surface area contributed by atoms with Gasteiger partial charge in [0.1, 0.15) is 18.2 Å². The molecule has 10 unspecified atom stereocenters. The van der Waals surface area contributed by atoms with Gasteiger partial charge >= 0.3 is 23.9 Å². The van der Waals surface area contributed by atoms with Crippen molar-refractivity contribution in [3.05, 3.63) is 11.6 Å². The standard InChI is InChI=1S/C17H28O3.C15H28O3.C15H26O3.C14H26O3/c1-4-5-6-7-15-14(8-9-16(15)18)12-17(19)20-11-10-13(2)3;2*1-3-5-6-7-13-12(8-9-14(13)16)11-15(17)18-10-4-2;1-3-5-6-7-12-11(8-9-13(12)15)10-14(16)17-4-2/h10,14-15H,4-9,11-12H2,1-3H3;12-14,16H,3-11H2,1-2H3;12-13H,3-11H2,1-2H3;11-13,15H,3-10H2,1-2H3. The molecule has 424 valence electrons. The highest BCUT2D eigenvalue weighted by molar-refractivity contribution is 5.85. The van der Waals surface area contributed by atoms with E-state index >= 15 is 0 Å². The summed E-state index contributed by atoms with van der Waals surface area (Å²) in [5.41, 5.74) is 1.14. The van der Waals surface area contributed by atoms with Gasteiger partial charge in [0.05, 0.1) is 32.0 Å². The molecule has 0 spiro atoms. The van der Waals surface area contributed by atoms with Crippen LogP contribution in [0.25, 0.3) is 0 Å². The van der Waals surface area contributed by atoms with Gasteiger partial charge in [-0.3, -0.25) is 28.8 Å². The molecule has 0 bridgehead atoms. The van der Waals surface area contributed by atoms with Gasteiger partial charge in [0.15, 0.2) is 0 Å². The molecule has 73 heavy (non-hydrogen) atoms. The number of aliphatic hydroxyl groups excluding tert-OH is 2. The minimum atomic E-state index is -0.203. The lowest BCUT2D eigenvalue weighted by molar-refractivity contribution is -0.146. The van der Waals surface area contributed by atoms with Crippen LogP contribution in [0.3, 0.4) is 0 Å². The molecule has 0 aromatic heterocycles. The van der Waals surface area contributed by atoms with E-state index in [4.69, 9.17) is 18.9 Å². The van der Waals surface area contributed by atoms with Crippen LogP contribution >= 0.6 is 0 Å². The molecule has 4 fully saturated rings. The summed E-state index contributed by atoms with van der Waals surface area (Å²) in [5.74, 6) is 2.17. The van der Waals surface area contributed by atoms with E-state index in [1.165, 1.54) is 51.4 Å². The van der Waals surface area contributed by atoms with Gasteiger partial charge in [-0.2, -0.15) is 0 Å². The summed E-state index contributed by atoms with van der Waals surface area (Å²) in [6.07, 6.45) is 29.8. The molecule has 0 amide bonds. The molecular weight excluding hydrogens is 925 g/mol. The van der Waals surface area contributed by atoms with Crippen molar-refractivity contribution in [3.63, 3.8) is 0 Å². The van der Waals surface area contributed by atoms with Gasteiger partial charge in [-0.05, 0) is 139 Å². The third-order valence-electron chi connectivity index (χ3n) is 15.6. The van der Waals surface area contributed by atoms with Crippen molar-refractivity contribution in [3.8, 4) is 0 Å². The van der Waals surface area contributed by atoms with Crippen LogP contribution in [0.1, 0.15) is 255 Å². The summed E-state index contributed by atoms with van der Waals surface area (Å²) in [6.45, 7) is 20.3. The number of carbonyl (C=O) groups excluding carboxylic acids is 6. The predicted octanol–water partition coefficient (Wildman–Crippen LogP) is 13.8. The van der Waals surface area contributed by atoms with Gasteiger partial charge in [0.25, 0.3) is 0 Å². The Kier molecular flexibility index (Phi) is 39.1. The molecule has 12 nitrogen and oxygen atoms in total. The summed E-state index contributed by atoms with van der Waals surface area (Å²) in [6, 6.07) is 0. The fraction of sp³-hybridized carbons (Fsp3) is 0.869. The number of hydrogen-bond donors (Lipinski definition) is 2. The molecular formula is C61H108O12. The Bertz CT molecular complexity index is 1540. The second kappa shape index (κ2) is 42.0. The SMILES string of the molecule is CCCCCC1C(=O)CCC1CC(=O)OCC=C(C)C.CCCCCC1C(=O)CCC1CC(=O)OCCC.CCCCCC1C(O)CCC1CC(=O)OCC.CCCCCC1C(O)CCC1CC(=O)OCCC. The second-order valence-corrected chi connectivity index (χ2v) is 21.9. The van der Waals surface area contributed by atoms with Crippen molar-refractivity contribution in [2.45, 2.75) is 267 Å². The Morgan fingerprint density at radius 2 is 0.808 bits per heavy atom. The maximum absolute atomic E-state index is 11.9. The zero-order valence-electron chi connectivity index (χ0n) is 47.9. The molecule has 10 atom stereocenters. The van der Waals surface area contributed by atoms with E-state index in [2.05, 4.69) is 27.7 Å². The molecule has 0 radical (unpaired) electrons. The number of hydrogen-bond acceptors (Lipinski definition) is 12. The molecule has 0 aromatic rings. The fourth-order valence-electron chi connectivity index (χ4n) is 11.3. The van der Waals surface area contributed by atoms with Gasteiger partial charge in [0, 0.05) is 50.4 Å². The molecule has 0 aromatic carbocycles. The van der Waals surface area contributed by atoms with Gasteiger partial charge in [-0.15, -0.1) is 0 Å². The molecule has 4 saturated carbocycles. The number of carbonyl (C=O) groups is 6. The van der Waals surface area contributed by atoms with Crippen LogP contribution in [0.2, 0.25) is 0 Å². The third kappa shape index (κ3) is 29.7. The van der Waals surface area contributed by atoms with Crippen LogP contribution < -0.4 is 0 Å². The number of aliphatic hydroxyl groups is 2. The van der Waals surface area contributed by atoms with Crippen molar-refractivity contribution in [2.24, 2.45) is 47.3 Å². The Hall–Kier alpha value is -3.12. The highest BCUT2D eigenvalue weighted by Gasteiger charge is 2.38. The predicted molar refractivity (Wildman–Crippen MR) is 291 cm³/mol. The van der Waals surface area contributed by atoms with Crippen molar-refractivity contribution >= 4 is 35.4 Å². The normalized spacial score (nSPS) is 25.1. The molecule has 4 rings (SSSR count). The van der Waals surface area contributed by atoms with Crippen molar-refractivity contribution in [1.29, 1.82) is 0 Å². The molecule has 4 aliphatic rings. The maximum Gasteiger partial charge on any atom is 0.306 e. The first-order valence-corrected chi connectivity index (χ1v) is 29.8. The summed E-state index contributed by atoms with van der Waals surface area (Å²) in [5, 5.41) is 19.9. The van der Waals surface area contributed by atoms with Crippen LogP contribution in [0.4, 0.5) is 0 Å². The van der Waals surface area contributed by atoms with Crippen LogP contribution in [0.5, 0.6) is 0 Å². The van der Waals surface area contributed by atoms with Gasteiger partial charge in [-0.1, -0.05) is 124 Å². The lowest BCUT2D eigenvalue weighted by Crippen LogP contribution is -2.22. The summed E-state index contributed by atoms with van der Waals surface area (Å²) in [4.78, 5) is 70.2. The van der Waals surface area contributed by atoms with Gasteiger partial charge < -0.3 is 29.2 Å². The first kappa shape index (κ1) is 67.9. The molecule has 2 N–H and O–H groups in total. The quantitative estimate of drug-likeness (QED) is 0.0291. The number of esters is 4. The summed E-state index contributed by atoms with van der Waals surface area (Å²) in [7, 11) is 0. The highest BCUT2D eigenvalue weighted by atomic mass is 16.5. The average Bonchev–Trinajstić information content (AvgIpc) is 4.10. The number of Topliss-reactive ketones (excluding diaryl/α,β-unsaturated/α-hetero) is 2. The fourth-order valence-corrected chi connectivity index (χ4v) is 11.3. The Morgan fingerprint density at radius 3 is 1.16 bits per heavy atom. The summed E-state index contributed by atoms with van der Waals surface area (Å²) < 4.78 is 20.4. The first-order chi connectivity index (χ1) is 35.1. The maximum atomic E-state index is 11.9. The van der Waals surface area contributed by atoms with Crippen LogP contribution in [-0.2, 0) is 47.7 Å². The number of allylic oxidation sites excluding steroid dienone is 1. The third-order valence-corrected chi connectivity index (χ3v) is 15.6. The molecule has 12 heteroatoms. The van der Waals surface area contributed by atoms with E-state index in [-0.39, 0.29) is 59.8 Å². The minimum absolute atomic E-state index is 0.0866. The molecule has 0 aliphatic heterocycles. The summed E-state index contributed by atoms with van der Waals surface area (Å²) >= 11 is 0. The number of unbranched alkanes of at least 4 members (excludes halogenated alkanes) is 8. The number of ether oxygens (including phenoxy) is 4. The van der Waals surface area contributed by atoms with Crippen molar-refractivity contribution in [1.82, 2.24) is 0 Å². The second-order valence-electron chi connectivity index (χ2n) is 21.9. The van der Waals surface area contributed by atoms with Crippen LogP contribution in [-0.4, -0.2) is 84.3 Å². The monoisotopic (exact) mass is 1030 g/mol. The smallest absolute Gasteiger partial charge is 0.306 e. The van der Waals surface area contributed by atoms with Gasteiger partial charge in [0.2, 0.25) is 0 Å². The lowest BCUT2D eigenvalue weighted by atomic mass is 9.87. The Balaban J connectivity index is 0.000000487. The van der Waals surface area contributed by atoms with Crippen LogP contribution in [0.15, 0.2) is 11.6 Å². The van der Waals surface area contributed by atoms with Crippen molar-refractivity contribution < 1.29 is 57.9 Å². The largest absolute Gasteiger partial charge is 0.466 e. The van der Waals surface area contributed by atoms with E-state index < -0.39 is 0 Å². The van der Waals surface area contributed by atoms with E-state index in [0.717, 1.165) is 108 Å². The number of ketones is 2. The van der Waals surface area contributed by atoms with E-state index in [1.807, 2.05) is 40.7 Å². The zero-order valence-corrected chi connectivity index (χ0v) is 47.9. The van der Waals surface area contributed by atoms with E-state index in [0.29, 0.717) is 100 Å². The Morgan fingerprint density at radius 1 is 0.452 bits per heavy atom. The molecule has 4 aliphatic carbocycles. The topological polar surface area (TPSA) is 180 Å². The molecule has 0 saturated heterocycles. The lowest BCUT2D eigenvalue weighted by Gasteiger charge is -2.21. The zero-order chi connectivity index (χ0) is 54.4. The average molecular weight is 1030 g/mol. The number of rotatable bonds is 31. The Labute approximate surface area is 444 Å². The van der Waals surface area contributed by atoms with Gasteiger partial charge in [-0.25, -0.2) is 0 Å². The van der Waals surface area contributed by atoms with Crippen LogP contribution in [0, 0.1) is 47.3 Å². The highest BCUT2D eigenvalue weighted by Crippen LogP contribution is 2.40. The first-order valence-electron chi connectivity index (χ1n) is 29.8. The minimum Gasteiger partial charge on any atom is -0.466 e. The molecule has 0 heterocycles. The van der Waals surface area contributed by atoms with E-state index in [9.17, 15) is 39.0 Å². The van der Waals surface area contributed by atoms with E-state index in [1.54, 1.807) is 0 Å².